The van der Waals surface area contributed by atoms with Crippen LogP contribution in [-0.2, 0) is 0 Å². The number of halogens is 1. The van der Waals surface area contributed by atoms with Crippen molar-refractivity contribution >= 4 is 11.4 Å². The molecule has 1 atom stereocenters. The average molecular weight is 239 g/mol. The van der Waals surface area contributed by atoms with Crippen LogP contribution in [0.25, 0.3) is 0 Å². The lowest BCUT2D eigenvalue weighted by atomic mass is 10.1. The van der Waals surface area contributed by atoms with Crippen LogP contribution >= 0.6 is 0 Å². The Bertz CT molecular complexity index is 433. The second-order valence-electron chi connectivity index (χ2n) is 4.12. The Balaban J connectivity index is 2.36. The first-order valence-corrected chi connectivity index (χ1v) is 5.47. The Hall–Kier alpha value is -1.69. The van der Waals surface area contributed by atoms with Gasteiger partial charge in [0.1, 0.15) is 5.69 Å². The lowest BCUT2D eigenvalue weighted by Gasteiger charge is -2.25. The predicted octanol–water partition coefficient (Wildman–Crippen LogP) is 1.53. The summed E-state index contributed by atoms with van der Waals surface area (Å²) in [5, 5.41) is 14.1. The highest BCUT2D eigenvalue weighted by molar-refractivity contribution is 5.64. The van der Waals surface area contributed by atoms with E-state index in [1.807, 2.05) is 0 Å². The van der Waals surface area contributed by atoms with Crippen molar-refractivity contribution in [3.05, 3.63) is 34.1 Å². The van der Waals surface area contributed by atoms with Crippen LogP contribution in [0.1, 0.15) is 6.42 Å². The number of hydrogen-bond acceptors (Lipinski definition) is 4. The van der Waals surface area contributed by atoms with Gasteiger partial charge in [0, 0.05) is 19.6 Å². The monoisotopic (exact) mass is 239 g/mol. The number of nitro benzene ring substituents is 1. The van der Waals surface area contributed by atoms with E-state index in [2.05, 4.69) is 5.32 Å². The summed E-state index contributed by atoms with van der Waals surface area (Å²) >= 11 is 0. The predicted molar refractivity (Wildman–Crippen MR) is 62.7 cm³/mol. The molecule has 0 amide bonds. The summed E-state index contributed by atoms with van der Waals surface area (Å²) in [6.07, 6.45) is 0.907. The minimum atomic E-state index is -0.787. The van der Waals surface area contributed by atoms with E-state index in [0.29, 0.717) is 5.69 Å². The lowest BCUT2D eigenvalue weighted by Crippen LogP contribution is -2.33. The number of benzene rings is 1. The molecular weight excluding hydrogens is 225 g/mol. The number of hydrogen-bond donors (Lipinski definition) is 1. The van der Waals surface area contributed by atoms with Crippen LogP contribution in [0.15, 0.2) is 18.2 Å². The Morgan fingerprint density at radius 1 is 1.59 bits per heavy atom. The Morgan fingerprint density at radius 2 is 2.35 bits per heavy atom. The van der Waals surface area contributed by atoms with Crippen LogP contribution in [0.5, 0.6) is 0 Å². The van der Waals surface area contributed by atoms with Crippen molar-refractivity contribution in [2.24, 2.45) is 0 Å². The molecule has 6 heteroatoms. The van der Waals surface area contributed by atoms with Crippen LogP contribution in [0.2, 0.25) is 0 Å². The van der Waals surface area contributed by atoms with E-state index in [9.17, 15) is 14.5 Å². The zero-order chi connectivity index (χ0) is 12.4. The molecule has 0 spiro atoms. The second-order valence-corrected chi connectivity index (χ2v) is 4.12. The number of rotatable bonds is 3. The fourth-order valence-corrected chi connectivity index (χ4v) is 2.14. The summed E-state index contributed by atoms with van der Waals surface area (Å²) in [6.45, 7) is 1.66. The van der Waals surface area contributed by atoms with Crippen LogP contribution in [-0.4, -0.2) is 31.1 Å². The van der Waals surface area contributed by atoms with Crippen molar-refractivity contribution in [2.45, 2.75) is 12.5 Å². The molecule has 1 aliphatic rings. The van der Waals surface area contributed by atoms with Crippen LogP contribution in [0.4, 0.5) is 15.8 Å². The first-order chi connectivity index (χ1) is 8.11. The van der Waals surface area contributed by atoms with Gasteiger partial charge in [0.05, 0.1) is 4.92 Å². The third kappa shape index (κ3) is 2.21. The third-order valence-electron chi connectivity index (χ3n) is 3.11. The highest BCUT2D eigenvalue weighted by atomic mass is 19.1. The van der Waals surface area contributed by atoms with E-state index < -0.39 is 16.4 Å². The fraction of sp³-hybridized carbons (Fsp3) is 0.455. The third-order valence-corrected chi connectivity index (χ3v) is 3.11. The molecule has 0 saturated carbocycles. The van der Waals surface area contributed by atoms with Crippen LogP contribution in [0, 0.1) is 15.9 Å². The van der Waals surface area contributed by atoms with Gasteiger partial charge in [-0.1, -0.05) is 6.07 Å². The molecule has 1 unspecified atom stereocenters. The maximum Gasteiger partial charge on any atom is 0.327 e. The molecule has 1 saturated heterocycles. The Labute approximate surface area is 98.4 Å². The molecule has 92 valence electrons. The molecule has 1 N–H and O–H groups in total. The maximum atomic E-state index is 13.5. The molecule has 0 aromatic heterocycles. The normalized spacial score (nSPS) is 19.3. The molecule has 1 aromatic carbocycles. The summed E-state index contributed by atoms with van der Waals surface area (Å²) in [5.74, 6) is -0.787. The van der Waals surface area contributed by atoms with Gasteiger partial charge in [-0.3, -0.25) is 10.1 Å². The molecule has 17 heavy (non-hydrogen) atoms. The highest BCUT2D eigenvalue weighted by Crippen LogP contribution is 2.31. The van der Waals surface area contributed by atoms with E-state index in [1.165, 1.54) is 6.07 Å². The summed E-state index contributed by atoms with van der Waals surface area (Å²) in [4.78, 5) is 12.0. The second kappa shape index (κ2) is 4.67. The molecule has 2 rings (SSSR count). The summed E-state index contributed by atoms with van der Waals surface area (Å²) in [7, 11) is 1.76. The van der Waals surface area contributed by atoms with E-state index in [1.54, 1.807) is 18.0 Å². The first-order valence-electron chi connectivity index (χ1n) is 5.47. The number of likely N-dealkylation sites (N-methyl/N-ethyl adjacent to an activating group) is 1. The van der Waals surface area contributed by atoms with Crippen molar-refractivity contribution in [1.29, 1.82) is 0 Å². The van der Waals surface area contributed by atoms with Gasteiger partial charge in [-0.05, 0) is 25.1 Å². The summed E-state index contributed by atoms with van der Waals surface area (Å²) in [6, 6.07) is 4.37. The van der Waals surface area contributed by atoms with Gasteiger partial charge in [-0.25, -0.2) is 0 Å². The number of para-hydroxylation sites is 1. The summed E-state index contributed by atoms with van der Waals surface area (Å²) in [5.41, 5.74) is -0.106. The standard InChI is InChI=1S/C11H14FN3O2/c1-14(8-5-6-13-7-8)10-4-2-3-9(12)11(10)15(16)17/h2-4,8,13H,5-7H2,1H3. The van der Waals surface area contributed by atoms with Gasteiger partial charge in [0.2, 0.25) is 5.82 Å². The zero-order valence-corrected chi connectivity index (χ0v) is 9.52. The SMILES string of the molecule is CN(c1cccc(F)c1[N+](=O)[O-])C1CCNC1. The first kappa shape index (κ1) is 11.8. The van der Waals surface area contributed by atoms with Gasteiger partial charge in [-0.2, -0.15) is 4.39 Å². The van der Waals surface area contributed by atoms with Crippen LogP contribution in [0.3, 0.4) is 0 Å². The quantitative estimate of drug-likeness (QED) is 0.642. The largest absolute Gasteiger partial charge is 0.365 e. The minimum Gasteiger partial charge on any atom is -0.365 e. The molecule has 5 nitrogen and oxygen atoms in total. The number of nitrogens with one attached hydrogen (secondary N) is 1. The molecule has 0 bridgehead atoms. The fourth-order valence-electron chi connectivity index (χ4n) is 2.14. The minimum absolute atomic E-state index is 0.176. The Morgan fingerprint density at radius 3 is 2.94 bits per heavy atom. The molecule has 0 aliphatic carbocycles. The van der Waals surface area contributed by atoms with Crippen molar-refractivity contribution in [3.8, 4) is 0 Å². The van der Waals surface area contributed by atoms with Gasteiger partial charge >= 0.3 is 5.69 Å². The topological polar surface area (TPSA) is 58.4 Å². The molecule has 1 fully saturated rings. The van der Waals surface area contributed by atoms with Gasteiger partial charge < -0.3 is 10.2 Å². The maximum absolute atomic E-state index is 13.5. The highest BCUT2D eigenvalue weighted by Gasteiger charge is 2.27. The van der Waals surface area contributed by atoms with E-state index in [4.69, 9.17) is 0 Å². The van der Waals surface area contributed by atoms with E-state index >= 15 is 0 Å². The molecule has 1 aliphatic heterocycles. The number of nitrogens with zero attached hydrogens (tertiary/aromatic N) is 2. The smallest absolute Gasteiger partial charge is 0.327 e. The van der Waals surface area contributed by atoms with E-state index in [-0.39, 0.29) is 6.04 Å². The summed E-state index contributed by atoms with van der Waals surface area (Å²) < 4.78 is 13.5. The Kier molecular flexibility index (Phi) is 3.23. The molecule has 1 heterocycles. The van der Waals surface area contributed by atoms with Crippen LogP contribution < -0.4 is 10.2 Å². The molecular formula is C11H14FN3O2. The van der Waals surface area contributed by atoms with Gasteiger partial charge in [-0.15, -0.1) is 0 Å². The zero-order valence-electron chi connectivity index (χ0n) is 9.52. The number of nitro groups is 1. The van der Waals surface area contributed by atoms with Crippen molar-refractivity contribution in [1.82, 2.24) is 5.32 Å². The molecule has 1 aromatic rings. The average Bonchev–Trinajstić information content (AvgIpc) is 2.80. The van der Waals surface area contributed by atoms with E-state index in [0.717, 1.165) is 25.6 Å². The lowest BCUT2D eigenvalue weighted by molar-refractivity contribution is -0.386. The van der Waals surface area contributed by atoms with Crippen molar-refractivity contribution in [2.75, 3.05) is 25.0 Å². The number of anilines is 1. The van der Waals surface area contributed by atoms with Gasteiger partial charge in [0.25, 0.3) is 0 Å². The van der Waals surface area contributed by atoms with Crippen molar-refractivity contribution in [3.63, 3.8) is 0 Å². The molecule has 0 radical (unpaired) electrons. The van der Waals surface area contributed by atoms with Gasteiger partial charge in [0.15, 0.2) is 0 Å². The van der Waals surface area contributed by atoms with Crippen molar-refractivity contribution < 1.29 is 9.31 Å².